The van der Waals surface area contributed by atoms with Crippen molar-refractivity contribution >= 4 is 0 Å². The van der Waals surface area contributed by atoms with E-state index in [-0.39, 0.29) is 6.61 Å². The Bertz CT molecular complexity index is 278. The Morgan fingerprint density at radius 3 is 2.15 bits per heavy atom. The first kappa shape index (κ1) is 10.0. The molecule has 0 saturated heterocycles. The van der Waals surface area contributed by atoms with E-state index in [4.69, 9.17) is 5.11 Å². The zero-order valence-electron chi connectivity index (χ0n) is 8.25. The summed E-state index contributed by atoms with van der Waals surface area (Å²) in [7, 11) is 0. The maximum absolute atomic E-state index is 8.83. The molecule has 0 aliphatic carbocycles. The summed E-state index contributed by atoms with van der Waals surface area (Å²) in [6.07, 6.45) is 3.18. The van der Waals surface area contributed by atoms with Gasteiger partial charge in [0.15, 0.2) is 0 Å². The van der Waals surface area contributed by atoms with Gasteiger partial charge in [-0.05, 0) is 31.4 Å². The summed E-state index contributed by atoms with van der Waals surface area (Å²) in [5.41, 5.74) is 3.60. The molecule has 0 heterocycles. The van der Waals surface area contributed by atoms with Crippen LogP contribution in [0.3, 0.4) is 0 Å². The second kappa shape index (κ2) is 4.83. The number of aliphatic hydroxyl groups excluding tert-OH is 1. The molecule has 0 aromatic heterocycles. The highest BCUT2D eigenvalue weighted by molar-refractivity contribution is 5.24. The Hall–Kier alpha value is -1.08. The molecule has 0 atom stereocenters. The Morgan fingerprint density at radius 2 is 1.69 bits per heavy atom. The molecule has 1 rings (SSSR count). The highest BCUT2D eigenvalue weighted by Gasteiger charge is 1.91. The number of hydrogen-bond acceptors (Lipinski definition) is 1. The van der Waals surface area contributed by atoms with E-state index in [2.05, 4.69) is 32.1 Å². The molecule has 0 fully saturated rings. The fraction of sp³-hybridized carbons (Fsp3) is 0.333. The van der Waals surface area contributed by atoms with E-state index < -0.39 is 0 Å². The Balaban J connectivity index is 2.64. The average molecular weight is 176 g/mol. The van der Waals surface area contributed by atoms with Gasteiger partial charge in [-0.3, -0.25) is 0 Å². The molecule has 70 valence electrons. The Kier molecular flexibility index (Phi) is 3.71. The van der Waals surface area contributed by atoms with Gasteiger partial charge in [0, 0.05) is 0 Å². The molecule has 0 saturated carbocycles. The SMILES string of the molecule is CC(C)=CCc1ccc(CO)cc1. The minimum Gasteiger partial charge on any atom is -0.392 e. The third-order valence-corrected chi connectivity index (χ3v) is 1.95. The summed E-state index contributed by atoms with van der Waals surface area (Å²) in [5.74, 6) is 0. The molecule has 1 aromatic carbocycles. The van der Waals surface area contributed by atoms with Gasteiger partial charge in [0.05, 0.1) is 6.61 Å². The van der Waals surface area contributed by atoms with Crippen molar-refractivity contribution in [2.24, 2.45) is 0 Å². The van der Waals surface area contributed by atoms with Crippen molar-refractivity contribution in [2.45, 2.75) is 26.9 Å². The molecule has 1 N–H and O–H groups in total. The van der Waals surface area contributed by atoms with Crippen LogP contribution in [0.4, 0.5) is 0 Å². The van der Waals surface area contributed by atoms with Gasteiger partial charge in [-0.1, -0.05) is 35.9 Å². The van der Waals surface area contributed by atoms with E-state index >= 15 is 0 Å². The molecule has 0 bridgehead atoms. The van der Waals surface area contributed by atoms with E-state index in [0.29, 0.717) is 0 Å². The van der Waals surface area contributed by atoms with Gasteiger partial charge < -0.3 is 5.11 Å². The quantitative estimate of drug-likeness (QED) is 0.702. The Morgan fingerprint density at radius 1 is 1.15 bits per heavy atom. The molecular formula is C12H16O. The van der Waals surface area contributed by atoms with Crippen LogP contribution in [0.1, 0.15) is 25.0 Å². The third-order valence-electron chi connectivity index (χ3n) is 1.95. The number of benzene rings is 1. The smallest absolute Gasteiger partial charge is 0.0681 e. The van der Waals surface area contributed by atoms with Crippen molar-refractivity contribution < 1.29 is 5.11 Å². The maximum atomic E-state index is 8.83. The zero-order valence-corrected chi connectivity index (χ0v) is 8.25. The molecule has 0 radical (unpaired) electrons. The van der Waals surface area contributed by atoms with Crippen LogP contribution < -0.4 is 0 Å². The Labute approximate surface area is 79.7 Å². The molecule has 1 heteroatoms. The molecule has 1 aromatic rings. The van der Waals surface area contributed by atoms with Crippen LogP contribution in [0, 0.1) is 0 Å². The molecule has 1 nitrogen and oxygen atoms in total. The molecular weight excluding hydrogens is 160 g/mol. The first-order chi connectivity index (χ1) is 6.22. The summed E-state index contributed by atoms with van der Waals surface area (Å²) >= 11 is 0. The zero-order chi connectivity index (χ0) is 9.68. The normalized spacial score (nSPS) is 9.77. The fourth-order valence-corrected chi connectivity index (χ4v) is 1.10. The van der Waals surface area contributed by atoms with Gasteiger partial charge in [-0.25, -0.2) is 0 Å². The number of rotatable bonds is 3. The summed E-state index contributed by atoms with van der Waals surface area (Å²) in [5, 5.41) is 8.83. The van der Waals surface area contributed by atoms with Crippen LogP contribution in [0.2, 0.25) is 0 Å². The predicted molar refractivity (Wildman–Crippen MR) is 55.5 cm³/mol. The lowest BCUT2D eigenvalue weighted by molar-refractivity contribution is 0.282. The lowest BCUT2D eigenvalue weighted by Gasteiger charge is -1.99. The van der Waals surface area contributed by atoms with Crippen molar-refractivity contribution in [3.63, 3.8) is 0 Å². The lowest BCUT2D eigenvalue weighted by Crippen LogP contribution is -1.85. The van der Waals surface area contributed by atoms with Gasteiger partial charge in [0.2, 0.25) is 0 Å². The summed E-state index contributed by atoms with van der Waals surface area (Å²) in [4.78, 5) is 0. The van der Waals surface area contributed by atoms with E-state index in [9.17, 15) is 0 Å². The van der Waals surface area contributed by atoms with E-state index in [0.717, 1.165) is 12.0 Å². The van der Waals surface area contributed by atoms with Gasteiger partial charge in [0.1, 0.15) is 0 Å². The minimum absolute atomic E-state index is 0.128. The van der Waals surface area contributed by atoms with Crippen LogP contribution >= 0.6 is 0 Å². The molecule has 0 aliphatic rings. The molecule has 0 unspecified atom stereocenters. The maximum Gasteiger partial charge on any atom is 0.0681 e. The first-order valence-corrected chi connectivity index (χ1v) is 4.54. The standard InChI is InChI=1S/C12H16O/c1-10(2)3-4-11-5-7-12(9-13)8-6-11/h3,5-8,13H,4,9H2,1-2H3. The highest BCUT2D eigenvalue weighted by atomic mass is 16.3. The fourth-order valence-electron chi connectivity index (χ4n) is 1.10. The van der Waals surface area contributed by atoms with Crippen LogP contribution in [-0.4, -0.2) is 5.11 Å². The van der Waals surface area contributed by atoms with Gasteiger partial charge in [-0.2, -0.15) is 0 Å². The van der Waals surface area contributed by atoms with Crippen molar-refractivity contribution in [3.05, 3.63) is 47.0 Å². The van der Waals surface area contributed by atoms with Crippen LogP contribution in [0.15, 0.2) is 35.9 Å². The van der Waals surface area contributed by atoms with E-state index in [1.165, 1.54) is 11.1 Å². The number of hydrogen-bond donors (Lipinski definition) is 1. The van der Waals surface area contributed by atoms with Crippen molar-refractivity contribution in [2.75, 3.05) is 0 Å². The van der Waals surface area contributed by atoms with Crippen molar-refractivity contribution in [1.29, 1.82) is 0 Å². The van der Waals surface area contributed by atoms with Crippen LogP contribution in [0.25, 0.3) is 0 Å². The first-order valence-electron chi connectivity index (χ1n) is 4.54. The average Bonchev–Trinajstić information content (AvgIpc) is 2.15. The third kappa shape index (κ3) is 3.43. The minimum atomic E-state index is 0.128. The topological polar surface area (TPSA) is 20.2 Å². The van der Waals surface area contributed by atoms with Gasteiger partial charge in [0.25, 0.3) is 0 Å². The predicted octanol–water partition coefficient (Wildman–Crippen LogP) is 2.69. The van der Waals surface area contributed by atoms with Crippen LogP contribution in [-0.2, 0) is 13.0 Å². The van der Waals surface area contributed by atoms with Crippen LogP contribution in [0.5, 0.6) is 0 Å². The summed E-state index contributed by atoms with van der Waals surface area (Å²) in [6.45, 7) is 4.33. The molecule has 0 amide bonds. The van der Waals surface area contributed by atoms with Gasteiger partial charge in [-0.15, -0.1) is 0 Å². The molecule has 0 aliphatic heterocycles. The second-order valence-electron chi connectivity index (χ2n) is 3.46. The summed E-state index contributed by atoms with van der Waals surface area (Å²) < 4.78 is 0. The highest BCUT2D eigenvalue weighted by Crippen LogP contribution is 2.06. The largest absolute Gasteiger partial charge is 0.392 e. The van der Waals surface area contributed by atoms with E-state index in [1.807, 2.05) is 12.1 Å². The van der Waals surface area contributed by atoms with Gasteiger partial charge >= 0.3 is 0 Å². The van der Waals surface area contributed by atoms with Crippen molar-refractivity contribution in [1.82, 2.24) is 0 Å². The van der Waals surface area contributed by atoms with E-state index in [1.54, 1.807) is 0 Å². The molecule has 0 spiro atoms. The summed E-state index contributed by atoms with van der Waals surface area (Å²) in [6, 6.07) is 8.05. The molecule has 13 heavy (non-hydrogen) atoms. The number of aliphatic hydroxyl groups is 1. The second-order valence-corrected chi connectivity index (χ2v) is 3.46. The monoisotopic (exact) mass is 176 g/mol. The number of allylic oxidation sites excluding steroid dienone is 2. The lowest BCUT2D eigenvalue weighted by atomic mass is 10.1. The van der Waals surface area contributed by atoms with Crippen molar-refractivity contribution in [3.8, 4) is 0 Å².